The van der Waals surface area contributed by atoms with Gasteiger partial charge >= 0.3 is 5.97 Å². The molecule has 0 atom stereocenters. The molecule has 0 bridgehead atoms. The molecule has 0 radical (unpaired) electrons. The lowest BCUT2D eigenvalue weighted by Gasteiger charge is -2.08. The van der Waals surface area contributed by atoms with Crippen LogP contribution in [0.5, 0.6) is 23.0 Å². The van der Waals surface area contributed by atoms with Gasteiger partial charge in [0.05, 0.1) is 25.9 Å². The van der Waals surface area contributed by atoms with E-state index >= 15 is 0 Å². The van der Waals surface area contributed by atoms with E-state index in [1.54, 1.807) is 56.7 Å². The van der Waals surface area contributed by atoms with E-state index in [-0.39, 0.29) is 5.56 Å². The molecule has 10 heteroatoms. The monoisotopic (exact) mass is 453 g/mol. The quantitative estimate of drug-likeness (QED) is 0.324. The van der Waals surface area contributed by atoms with Gasteiger partial charge < -0.3 is 18.9 Å². The van der Waals surface area contributed by atoms with Crippen LogP contribution >= 0.6 is 11.3 Å². The molecule has 0 fully saturated rings. The fourth-order valence-corrected chi connectivity index (χ4v) is 4.00. The van der Waals surface area contributed by atoms with Gasteiger partial charge in [-0.15, -0.1) is 5.10 Å². The molecule has 4 rings (SSSR count). The van der Waals surface area contributed by atoms with Crippen molar-refractivity contribution in [3.8, 4) is 34.4 Å². The Morgan fingerprint density at radius 3 is 2.31 bits per heavy atom. The van der Waals surface area contributed by atoms with Crippen LogP contribution in [0.3, 0.4) is 0 Å². The Hall–Kier alpha value is -3.92. The lowest BCUT2D eigenvalue weighted by molar-refractivity contribution is -0.132. The third kappa shape index (κ3) is 4.00. The maximum atomic E-state index is 12.9. The van der Waals surface area contributed by atoms with Crippen molar-refractivity contribution in [3.63, 3.8) is 0 Å². The van der Waals surface area contributed by atoms with Gasteiger partial charge in [0.25, 0.3) is 5.56 Å². The summed E-state index contributed by atoms with van der Waals surface area (Å²) >= 11 is 1.22. The van der Waals surface area contributed by atoms with Gasteiger partial charge in [0.2, 0.25) is 4.96 Å². The molecule has 2 aromatic heterocycles. The Kier molecular flexibility index (Phi) is 5.78. The van der Waals surface area contributed by atoms with Crippen molar-refractivity contribution in [3.05, 3.63) is 56.8 Å². The molecule has 0 unspecified atom stereocenters. The number of fused-ring (bicyclic) bond motifs is 1. The number of nitrogens with zero attached hydrogens (tertiary/aromatic N) is 3. The number of benzene rings is 2. The maximum Gasteiger partial charge on any atom is 0.308 e. The number of carbonyl (C=O) groups is 1. The molecule has 9 nitrogen and oxygen atoms in total. The number of thiazole rings is 1. The molecule has 0 N–H and O–H groups in total. The predicted octanol–water partition coefficient (Wildman–Crippen LogP) is 2.32. The normalized spacial score (nSPS) is 11.6. The Balaban J connectivity index is 1.72. The molecular weight excluding hydrogens is 434 g/mol. The van der Waals surface area contributed by atoms with Crippen LogP contribution in [0.1, 0.15) is 12.5 Å². The summed E-state index contributed by atoms with van der Waals surface area (Å²) in [5.41, 5.74) is 1.13. The summed E-state index contributed by atoms with van der Waals surface area (Å²) in [5.74, 6) is 1.80. The molecule has 2 aromatic carbocycles. The van der Waals surface area contributed by atoms with Crippen LogP contribution < -0.4 is 29.0 Å². The second-order valence-electron chi connectivity index (χ2n) is 6.62. The van der Waals surface area contributed by atoms with Gasteiger partial charge in [0, 0.05) is 12.5 Å². The second-order valence-corrected chi connectivity index (χ2v) is 7.63. The van der Waals surface area contributed by atoms with Crippen LogP contribution in [0.4, 0.5) is 0 Å². The molecule has 0 saturated carbocycles. The Bertz CT molecular complexity index is 1430. The van der Waals surface area contributed by atoms with Crippen molar-refractivity contribution >= 4 is 28.3 Å². The first kappa shape index (κ1) is 21.3. The molecule has 164 valence electrons. The van der Waals surface area contributed by atoms with Crippen LogP contribution in [0.2, 0.25) is 0 Å². The summed E-state index contributed by atoms with van der Waals surface area (Å²) < 4.78 is 22.7. The summed E-state index contributed by atoms with van der Waals surface area (Å²) in [7, 11) is 4.58. The third-order valence-electron chi connectivity index (χ3n) is 4.56. The molecule has 32 heavy (non-hydrogen) atoms. The Labute approximate surface area is 186 Å². The highest BCUT2D eigenvalue weighted by atomic mass is 32.1. The van der Waals surface area contributed by atoms with Gasteiger partial charge in [-0.2, -0.15) is 9.50 Å². The number of methoxy groups -OCH3 is 3. The van der Waals surface area contributed by atoms with Crippen LogP contribution in [0.25, 0.3) is 22.4 Å². The largest absolute Gasteiger partial charge is 0.493 e. The minimum atomic E-state index is -0.447. The number of aromatic nitrogens is 3. The standard InChI is InChI=1S/C22H19N3O6S/c1-12(26)31-16-7-5-13(9-17(16)29-3)10-19-21(27)25-22(32-19)23-20(24-25)14-6-8-15(28-2)18(11-14)30-4/h5-11H,1-4H3. The number of carbonyl (C=O) groups excluding carboxylic acids is 1. The number of hydrogen-bond acceptors (Lipinski definition) is 9. The lowest BCUT2D eigenvalue weighted by Crippen LogP contribution is -2.23. The highest BCUT2D eigenvalue weighted by Crippen LogP contribution is 2.31. The Morgan fingerprint density at radius 2 is 1.66 bits per heavy atom. The van der Waals surface area contributed by atoms with Crippen molar-refractivity contribution in [1.29, 1.82) is 0 Å². The minimum Gasteiger partial charge on any atom is -0.493 e. The van der Waals surface area contributed by atoms with Gasteiger partial charge in [-0.05, 0) is 42.0 Å². The van der Waals surface area contributed by atoms with Crippen molar-refractivity contribution in [1.82, 2.24) is 14.6 Å². The van der Waals surface area contributed by atoms with Gasteiger partial charge in [-0.1, -0.05) is 17.4 Å². The van der Waals surface area contributed by atoms with Gasteiger partial charge in [0.1, 0.15) is 0 Å². The van der Waals surface area contributed by atoms with Gasteiger partial charge in [-0.3, -0.25) is 9.59 Å². The SMILES string of the molecule is COc1ccc(-c2nc3sc(=Cc4ccc(OC(C)=O)c(OC)c4)c(=O)n3n2)cc1OC. The van der Waals surface area contributed by atoms with Gasteiger partial charge in [-0.25, -0.2) is 0 Å². The molecule has 0 amide bonds. The van der Waals surface area contributed by atoms with Crippen molar-refractivity contribution in [2.75, 3.05) is 21.3 Å². The minimum absolute atomic E-state index is 0.285. The average molecular weight is 453 g/mol. The van der Waals surface area contributed by atoms with E-state index < -0.39 is 5.97 Å². The average Bonchev–Trinajstić information content (AvgIpc) is 3.33. The molecule has 0 aliphatic rings. The summed E-state index contributed by atoms with van der Waals surface area (Å²) in [6.07, 6.45) is 1.71. The zero-order valence-corrected chi connectivity index (χ0v) is 18.6. The first-order valence-corrected chi connectivity index (χ1v) is 10.2. The van der Waals surface area contributed by atoms with Crippen LogP contribution in [0.15, 0.2) is 41.2 Å². The first-order valence-electron chi connectivity index (χ1n) is 9.43. The molecule has 0 spiro atoms. The van der Waals surface area contributed by atoms with E-state index in [0.717, 1.165) is 0 Å². The van der Waals surface area contributed by atoms with Crippen LogP contribution in [-0.4, -0.2) is 41.9 Å². The highest BCUT2D eigenvalue weighted by Gasteiger charge is 2.14. The first-order chi connectivity index (χ1) is 15.4. The van der Waals surface area contributed by atoms with Crippen molar-refractivity contribution < 1.29 is 23.7 Å². The number of rotatable bonds is 6. The number of ether oxygens (including phenoxy) is 4. The smallest absolute Gasteiger partial charge is 0.308 e. The summed E-state index contributed by atoms with van der Waals surface area (Å²) in [6, 6.07) is 10.3. The van der Waals surface area contributed by atoms with E-state index in [2.05, 4.69) is 10.1 Å². The van der Waals surface area contributed by atoms with Gasteiger partial charge in [0.15, 0.2) is 28.8 Å². The van der Waals surface area contributed by atoms with E-state index in [1.165, 1.54) is 29.9 Å². The second kappa shape index (κ2) is 8.67. The van der Waals surface area contributed by atoms with E-state index in [4.69, 9.17) is 18.9 Å². The number of hydrogen-bond donors (Lipinski definition) is 0. The molecule has 2 heterocycles. The fraction of sp³-hybridized carbons (Fsp3) is 0.182. The summed E-state index contributed by atoms with van der Waals surface area (Å²) in [6.45, 7) is 1.31. The molecule has 0 aliphatic carbocycles. The topological polar surface area (TPSA) is 101 Å². The van der Waals surface area contributed by atoms with Crippen LogP contribution in [-0.2, 0) is 4.79 Å². The summed E-state index contributed by atoms with van der Waals surface area (Å²) in [4.78, 5) is 29.0. The van der Waals surface area contributed by atoms with Crippen molar-refractivity contribution in [2.45, 2.75) is 6.92 Å². The van der Waals surface area contributed by atoms with Crippen LogP contribution in [0, 0.1) is 0 Å². The number of esters is 1. The van der Waals surface area contributed by atoms with E-state index in [0.29, 0.717) is 49.4 Å². The highest BCUT2D eigenvalue weighted by molar-refractivity contribution is 7.15. The molecule has 0 aliphatic heterocycles. The predicted molar refractivity (Wildman–Crippen MR) is 119 cm³/mol. The molecular formula is C22H19N3O6S. The third-order valence-corrected chi connectivity index (χ3v) is 5.52. The summed E-state index contributed by atoms with van der Waals surface area (Å²) in [5, 5.41) is 4.36. The lowest BCUT2D eigenvalue weighted by atomic mass is 10.2. The van der Waals surface area contributed by atoms with E-state index in [1.807, 2.05) is 0 Å². The fourth-order valence-electron chi connectivity index (χ4n) is 3.10. The zero-order valence-electron chi connectivity index (χ0n) is 17.7. The molecule has 4 aromatic rings. The molecule has 0 saturated heterocycles. The van der Waals surface area contributed by atoms with Crippen molar-refractivity contribution in [2.24, 2.45) is 0 Å². The zero-order chi connectivity index (χ0) is 22.8. The maximum absolute atomic E-state index is 12.9. The Morgan fingerprint density at radius 1 is 0.969 bits per heavy atom. The van der Waals surface area contributed by atoms with E-state index in [9.17, 15) is 9.59 Å².